The van der Waals surface area contributed by atoms with Gasteiger partial charge in [0.05, 0.1) is 6.07 Å². The minimum Gasteiger partial charge on any atom is -0.193 e. The molecule has 0 saturated heterocycles. The number of allylic oxidation sites excluding steroid dienone is 6. The van der Waals surface area contributed by atoms with Crippen molar-refractivity contribution >= 4 is 0 Å². The smallest absolute Gasteiger partial charge is 0.0940 e. The standard InChI is InChI=1S/C23H33N/c1-7-21-11-13-23(14-12-21)22(8-2)15-19(5)20(6)18(4)10-9-17(3)16-24/h7-8,19,21,23H,1,3-4,6,9-15H2,2,5H3/b22-8+. The first-order valence-electron chi connectivity index (χ1n) is 9.15. The number of nitriles is 1. The maximum atomic E-state index is 8.81. The summed E-state index contributed by atoms with van der Waals surface area (Å²) in [5, 5.41) is 8.81. The molecule has 1 nitrogen and oxygen atoms in total. The lowest BCUT2D eigenvalue weighted by Gasteiger charge is -2.30. The summed E-state index contributed by atoms with van der Waals surface area (Å²) in [6, 6.07) is 2.10. The van der Waals surface area contributed by atoms with E-state index in [2.05, 4.69) is 58.4 Å². The number of hydrogen-bond acceptors (Lipinski definition) is 1. The molecule has 0 radical (unpaired) electrons. The minimum atomic E-state index is 0.399. The Kier molecular flexibility index (Phi) is 8.55. The molecule has 1 saturated carbocycles. The molecule has 1 aliphatic rings. The highest BCUT2D eigenvalue weighted by atomic mass is 14.3. The van der Waals surface area contributed by atoms with E-state index >= 15 is 0 Å². The molecule has 0 bridgehead atoms. The number of rotatable bonds is 9. The Morgan fingerprint density at radius 2 is 1.79 bits per heavy atom. The van der Waals surface area contributed by atoms with Crippen LogP contribution in [0.1, 0.15) is 58.8 Å². The van der Waals surface area contributed by atoms with Crippen molar-refractivity contribution in [3.8, 4) is 6.07 Å². The van der Waals surface area contributed by atoms with Crippen LogP contribution >= 0.6 is 0 Å². The molecule has 1 atom stereocenters. The van der Waals surface area contributed by atoms with Crippen LogP contribution in [0.15, 0.2) is 60.8 Å². The molecule has 0 aliphatic heterocycles. The van der Waals surface area contributed by atoms with Crippen molar-refractivity contribution in [2.45, 2.75) is 58.8 Å². The first kappa shape index (κ1) is 20.2. The van der Waals surface area contributed by atoms with Gasteiger partial charge in [0.1, 0.15) is 0 Å². The first-order valence-corrected chi connectivity index (χ1v) is 9.15. The highest BCUT2D eigenvalue weighted by Crippen LogP contribution is 2.37. The fourth-order valence-corrected chi connectivity index (χ4v) is 3.59. The average Bonchev–Trinajstić information content (AvgIpc) is 2.62. The summed E-state index contributed by atoms with van der Waals surface area (Å²) < 4.78 is 0. The summed E-state index contributed by atoms with van der Waals surface area (Å²) >= 11 is 0. The van der Waals surface area contributed by atoms with Crippen LogP contribution in [0.25, 0.3) is 0 Å². The highest BCUT2D eigenvalue weighted by molar-refractivity contribution is 5.30. The fraction of sp³-hybridized carbons (Fsp3) is 0.522. The highest BCUT2D eigenvalue weighted by Gasteiger charge is 2.23. The lowest BCUT2D eigenvalue weighted by molar-refractivity contribution is 0.335. The van der Waals surface area contributed by atoms with Gasteiger partial charge in [-0.15, -0.1) is 6.58 Å². The van der Waals surface area contributed by atoms with Gasteiger partial charge in [0, 0.05) is 5.57 Å². The minimum absolute atomic E-state index is 0.399. The van der Waals surface area contributed by atoms with Crippen LogP contribution in [-0.4, -0.2) is 0 Å². The molecule has 0 aromatic heterocycles. The summed E-state index contributed by atoms with van der Waals surface area (Å²) in [5.41, 5.74) is 4.37. The normalized spacial score (nSPS) is 22.3. The molecule has 0 spiro atoms. The molecule has 1 unspecified atom stereocenters. The molecular weight excluding hydrogens is 290 g/mol. The zero-order chi connectivity index (χ0) is 18.1. The van der Waals surface area contributed by atoms with Gasteiger partial charge in [-0.05, 0) is 75.2 Å². The summed E-state index contributed by atoms with van der Waals surface area (Å²) in [7, 11) is 0. The Morgan fingerprint density at radius 1 is 1.17 bits per heavy atom. The van der Waals surface area contributed by atoms with E-state index in [0.29, 0.717) is 29.7 Å². The van der Waals surface area contributed by atoms with E-state index in [1.165, 1.54) is 25.7 Å². The van der Waals surface area contributed by atoms with Crippen LogP contribution < -0.4 is 0 Å². The van der Waals surface area contributed by atoms with Gasteiger partial charge < -0.3 is 0 Å². The molecule has 0 N–H and O–H groups in total. The molecule has 0 amide bonds. The summed E-state index contributed by atoms with van der Waals surface area (Å²) in [5.74, 6) is 1.82. The zero-order valence-corrected chi connectivity index (χ0v) is 15.6. The van der Waals surface area contributed by atoms with Gasteiger partial charge in [0.15, 0.2) is 0 Å². The van der Waals surface area contributed by atoms with Gasteiger partial charge in [0.2, 0.25) is 0 Å². The van der Waals surface area contributed by atoms with Crippen LogP contribution in [0.3, 0.4) is 0 Å². The van der Waals surface area contributed by atoms with Crippen molar-refractivity contribution in [2.75, 3.05) is 0 Å². The Bertz CT molecular complexity index is 547. The molecule has 130 valence electrons. The van der Waals surface area contributed by atoms with Crippen molar-refractivity contribution in [2.24, 2.45) is 17.8 Å². The Balaban J connectivity index is 2.55. The fourth-order valence-electron chi connectivity index (χ4n) is 3.59. The Hall–Kier alpha value is -1.81. The van der Waals surface area contributed by atoms with E-state index in [1.807, 2.05) is 0 Å². The van der Waals surface area contributed by atoms with Gasteiger partial charge in [-0.1, -0.05) is 50.0 Å². The molecule has 1 heteroatoms. The van der Waals surface area contributed by atoms with Gasteiger partial charge >= 0.3 is 0 Å². The quantitative estimate of drug-likeness (QED) is 0.256. The van der Waals surface area contributed by atoms with Crippen LogP contribution in [0.5, 0.6) is 0 Å². The Morgan fingerprint density at radius 3 is 2.29 bits per heavy atom. The van der Waals surface area contributed by atoms with Gasteiger partial charge in [-0.3, -0.25) is 0 Å². The predicted octanol–water partition coefficient (Wildman–Crippen LogP) is 6.92. The molecule has 0 aromatic rings. The van der Waals surface area contributed by atoms with E-state index in [4.69, 9.17) is 5.26 Å². The molecule has 1 fully saturated rings. The lowest BCUT2D eigenvalue weighted by Crippen LogP contribution is -2.16. The van der Waals surface area contributed by atoms with Crippen molar-refractivity contribution < 1.29 is 0 Å². The van der Waals surface area contributed by atoms with Crippen LogP contribution in [0.4, 0.5) is 0 Å². The SMILES string of the molecule is C=CC1CCC(/C(=C/C)CC(C)C(=C)C(=C)CCC(=C)C#N)CC1. The third-order valence-corrected chi connectivity index (χ3v) is 5.48. The van der Waals surface area contributed by atoms with Crippen LogP contribution in [-0.2, 0) is 0 Å². The maximum Gasteiger partial charge on any atom is 0.0940 e. The van der Waals surface area contributed by atoms with Gasteiger partial charge in [0.25, 0.3) is 0 Å². The van der Waals surface area contributed by atoms with Crippen molar-refractivity contribution in [1.82, 2.24) is 0 Å². The largest absolute Gasteiger partial charge is 0.193 e. The maximum absolute atomic E-state index is 8.81. The second-order valence-corrected chi connectivity index (χ2v) is 7.16. The second-order valence-electron chi connectivity index (χ2n) is 7.16. The number of nitrogens with zero attached hydrogens (tertiary/aromatic N) is 1. The van der Waals surface area contributed by atoms with Gasteiger partial charge in [-0.25, -0.2) is 0 Å². The monoisotopic (exact) mass is 323 g/mol. The molecule has 1 aliphatic carbocycles. The lowest BCUT2D eigenvalue weighted by atomic mass is 9.75. The molecule has 24 heavy (non-hydrogen) atoms. The molecule has 0 heterocycles. The molecule has 1 rings (SSSR count). The average molecular weight is 324 g/mol. The van der Waals surface area contributed by atoms with Crippen LogP contribution in [0.2, 0.25) is 0 Å². The summed E-state index contributed by atoms with van der Waals surface area (Å²) in [6.07, 6.45) is 12.0. The first-order chi connectivity index (χ1) is 11.4. The third kappa shape index (κ3) is 6.00. The molecular formula is C23H33N. The summed E-state index contributed by atoms with van der Waals surface area (Å²) in [6.45, 7) is 20.5. The van der Waals surface area contributed by atoms with Crippen molar-refractivity contribution in [3.63, 3.8) is 0 Å². The predicted molar refractivity (Wildman–Crippen MR) is 105 cm³/mol. The van der Waals surface area contributed by atoms with E-state index in [-0.39, 0.29) is 0 Å². The van der Waals surface area contributed by atoms with Crippen molar-refractivity contribution in [3.05, 3.63) is 60.8 Å². The van der Waals surface area contributed by atoms with E-state index < -0.39 is 0 Å². The topological polar surface area (TPSA) is 23.8 Å². The van der Waals surface area contributed by atoms with Gasteiger partial charge in [-0.2, -0.15) is 5.26 Å². The number of hydrogen-bond donors (Lipinski definition) is 0. The third-order valence-electron chi connectivity index (χ3n) is 5.48. The summed E-state index contributed by atoms with van der Waals surface area (Å²) in [4.78, 5) is 0. The van der Waals surface area contributed by atoms with Crippen molar-refractivity contribution in [1.29, 1.82) is 5.26 Å². The van der Waals surface area contributed by atoms with E-state index in [9.17, 15) is 0 Å². The van der Waals surface area contributed by atoms with E-state index in [0.717, 1.165) is 24.0 Å². The Labute approximate surface area is 149 Å². The second kappa shape index (κ2) is 10.1. The van der Waals surface area contributed by atoms with E-state index in [1.54, 1.807) is 5.57 Å². The van der Waals surface area contributed by atoms with Crippen LogP contribution in [0, 0.1) is 29.1 Å². The zero-order valence-electron chi connectivity index (χ0n) is 15.6. The molecule has 0 aromatic carbocycles.